The lowest BCUT2D eigenvalue weighted by Crippen LogP contribution is -2.44. The molecule has 0 saturated carbocycles. The standard InChI is InChI=1S/C31H40N2O4/c1-4-6-8-10-12-14-18-32-28(34)22-16-17-23-27-25(21(3)20-24(26(22)27)30(32)36)31(37)33(29(23)35)19-15-13-11-9-7-5-2/h16-17,20H,4-15,18-19H2,1-3H3. The zero-order chi connectivity index (χ0) is 26.5. The van der Waals surface area contributed by atoms with Crippen molar-refractivity contribution in [3.05, 3.63) is 46.0 Å². The van der Waals surface area contributed by atoms with Gasteiger partial charge in [-0.15, -0.1) is 0 Å². The topological polar surface area (TPSA) is 74.8 Å². The quantitative estimate of drug-likeness (QED) is 0.204. The van der Waals surface area contributed by atoms with Gasteiger partial charge in [0.25, 0.3) is 23.6 Å². The first-order valence-corrected chi connectivity index (χ1v) is 14.2. The number of hydrogen-bond donors (Lipinski definition) is 0. The molecule has 0 unspecified atom stereocenters. The molecule has 2 aliphatic heterocycles. The fourth-order valence-corrected chi connectivity index (χ4v) is 5.76. The predicted octanol–water partition coefficient (Wildman–Crippen LogP) is 7.06. The maximum atomic E-state index is 13.5. The minimum Gasteiger partial charge on any atom is -0.274 e. The van der Waals surface area contributed by atoms with E-state index in [1.54, 1.807) is 18.2 Å². The fraction of sp³-hybridized carbons (Fsp3) is 0.548. The minimum atomic E-state index is -0.332. The van der Waals surface area contributed by atoms with E-state index in [0.717, 1.165) is 38.5 Å². The van der Waals surface area contributed by atoms with Crippen LogP contribution in [0.2, 0.25) is 0 Å². The smallest absolute Gasteiger partial charge is 0.261 e. The normalized spacial score (nSPS) is 14.9. The van der Waals surface area contributed by atoms with E-state index in [1.165, 1.54) is 48.3 Å². The number of nitrogens with zero attached hydrogens (tertiary/aromatic N) is 2. The molecule has 2 aromatic carbocycles. The molecule has 4 rings (SSSR count). The van der Waals surface area contributed by atoms with Gasteiger partial charge in [-0.1, -0.05) is 78.1 Å². The highest BCUT2D eigenvalue weighted by Gasteiger charge is 2.40. The third-order valence-corrected chi connectivity index (χ3v) is 7.84. The van der Waals surface area contributed by atoms with Crippen molar-refractivity contribution in [3.63, 3.8) is 0 Å². The zero-order valence-electron chi connectivity index (χ0n) is 22.7. The Balaban J connectivity index is 1.59. The van der Waals surface area contributed by atoms with Crippen molar-refractivity contribution in [2.75, 3.05) is 13.1 Å². The number of unbranched alkanes of at least 4 members (excludes halogenated alkanes) is 10. The molecule has 4 amide bonds. The highest BCUT2D eigenvalue weighted by atomic mass is 16.2. The lowest BCUT2D eigenvalue weighted by molar-refractivity contribution is 0.0585. The van der Waals surface area contributed by atoms with Crippen LogP contribution in [0.4, 0.5) is 0 Å². The van der Waals surface area contributed by atoms with E-state index in [1.807, 2.05) is 6.92 Å². The monoisotopic (exact) mass is 504 g/mol. The summed E-state index contributed by atoms with van der Waals surface area (Å²) in [5.41, 5.74) is 2.36. The Morgan fingerprint density at radius 2 is 0.973 bits per heavy atom. The van der Waals surface area contributed by atoms with E-state index in [0.29, 0.717) is 51.7 Å². The molecule has 2 aromatic rings. The summed E-state index contributed by atoms with van der Waals surface area (Å²) in [5.74, 6) is -1.31. The molecule has 0 aromatic heterocycles. The van der Waals surface area contributed by atoms with Crippen molar-refractivity contribution in [1.82, 2.24) is 9.80 Å². The third-order valence-electron chi connectivity index (χ3n) is 7.84. The number of amides is 4. The highest BCUT2D eigenvalue weighted by molar-refractivity contribution is 6.33. The first kappa shape index (κ1) is 27.0. The summed E-state index contributed by atoms with van der Waals surface area (Å²) >= 11 is 0. The summed E-state index contributed by atoms with van der Waals surface area (Å²) in [6, 6.07) is 5.08. The van der Waals surface area contributed by atoms with E-state index in [2.05, 4.69) is 13.8 Å². The Hall–Kier alpha value is -3.02. The molecule has 0 bridgehead atoms. The van der Waals surface area contributed by atoms with Crippen LogP contribution in [0.15, 0.2) is 18.2 Å². The van der Waals surface area contributed by atoms with Gasteiger partial charge in [-0.2, -0.15) is 0 Å². The molecule has 2 aliphatic rings. The number of hydrogen-bond acceptors (Lipinski definition) is 4. The van der Waals surface area contributed by atoms with Crippen LogP contribution in [0.3, 0.4) is 0 Å². The van der Waals surface area contributed by atoms with Gasteiger partial charge in [0.15, 0.2) is 0 Å². The van der Waals surface area contributed by atoms with Gasteiger partial charge in [0, 0.05) is 40.6 Å². The van der Waals surface area contributed by atoms with Gasteiger partial charge >= 0.3 is 0 Å². The molecule has 0 aliphatic carbocycles. The van der Waals surface area contributed by atoms with Gasteiger partial charge in [-0.05, 0) is 43.5 Å². The fourth-order valence-electron chi connectivity index (χ4n) is 5.76. The first-order chi connectivity index (χ1) is 17.9. The molecule has 198 valence electrons. The van der Waals surface area contributed by atoms with Gasteiger partial charge in [0.05, 0.1) is 5.56 Å². The summed E-state index contributed by atoms with van der Waals surface area (Å²) in [7, 11) is 0. The van der Waals surface area contributed by atoms with E-state index < -0.39 is 0 Å². The summed E-state index contributed by atoms with van der Waals surface area (Å²) in [5, 5.41) is 0.941. The average molecular weight is 505 g/mol. The average Bonchev–Trinajstić information content (AvgIpc) is 2.88. The summed E-state index contributed by atoms with van der Waals surface area (Å²) < 4.78 is 0. The molecule has 0 saturated heterocycles. The molecule has 2 heterocycles. The molecule has 0 fully saturated rings. The molecule has 6 nitrogen and oxygen atoms in total. The number of aryl methyl sites for hydroxylation is 1. The minimum absolute atomic E-state index is 0.318. The van der Waals surface area contributed by atoms with Crippen molar-refractivity contribution in [3.8, 4) is 0 Å². The second-order valence-corrected chi connectivity index (χ2v) is 10.6. The van der Waals surface area contributed by atoms with Gasteiger partial charge in [0.2, 0.25) is 0 Å². The SMILES string of the molecule is CCCCCCCCN1C(=O)c2ccc3c4c(c(C)cc(c24)C1=O)C(=O)N(CCCCCCCC)C3=O. The molecule has 0 atom stereocenters. The van der Waals surface area contributed by atoms with Gasteiger partial charge in [-0.3, -0.25) is 29.0 Å². The zero-order valence-corrected chi connectivity index (χ0v) is 22.7. The molecular formula is C31H40N2O4. The van der Waals surface area contributed by atoms with Crippen LogP contribution in [0.25, 0.3) is 10.8 Å². The van der Waals surface area contributed by atoms with Crippen molar-refractivity contribution >= 4 is 34.4 Å². The predicted molar refractivity (Wildman–Crippen MR) is 146 cm³/mol. The largest absolute Gasteiger partial charge is 0.274 e. The van der Waals surface area contributed by atoms with Crippen LogP contribution in [-0.4, -0.2) is 46.5 Å². The van der Waals surface area contributed by atoms with Gasteiger partial charge < -0.3 is 0 Å². The Kier molecular flexibility index (Phi) is 8.78. The lowest BCUT2D eigenvalue weighted by Gasteiger charge is -2.33. The van der Waals surface area contributed by atoms with Crippen LogP contribution < -0.4 is 0 Å². The Bertz CT molecular complexity index is 1220. The number of carbonyl (C=O) groups is 4. The maximum absolute atomic E-state index is 13.5. The van der Waals surface area contributed by atoms with Gasteiger partial charge in [-0.25, -0.2) is 0 Å². The molecule has 0 radical (unpaired) electrons. The second kappa shape index (κ2) is 12.0. The van der Waals surface area contributed by atoms with Crippen molar-refractivity contribution in [1.29, 1.82) is 0 Å². The number of rotatable bonds is 14. The Morgan fingerprint density at radius 1 is 0.541 bits per heavy atom. The third kappa shape index (κ3) is 5.21. The van der Waals surface area contributed by atoms with E-state index in [-0.39, 0.29) is 23.6 Å². The van der Waals surface area contributed by atoms with Crippen LogP contribution in [0.5, 0.6) is 0 Å². The molecule has 0 N–H and O–H groups in total. The van der Waals surface area contributed by atoms with Crippen LogP contribution in [0.1, 0.15) is 138 Å². The number of imide groups is 2. The van der Waals surface area contributed by atoms with Crippen LogP contribution in [-0.2, 0) is 0 Å². The van der Waals surface area contributed by atoms with Crippen LogP contribution >= 0.6 is 0 Å². The van der Waals surface area contributed by atoms with Crippen molar-refractivity contribution < 1.29 is 19.2 Å². The summed E-state index contributed by atoms with van der Waals surface area (Å²) in [6.07, 6.45) is 12.8. The van der Waals surface area contributed by atoms with E-state index in [4.69, 9.17) is 0 Å². The Morgan fingerprint density at radius 3 is 1.51 bits per heavy atom. The molecule has 0 spiro atoms. The Labute approximate surface area is 220 Å². The summed E-state index contributed by atoms with van der Waals surface area (Å²) in [4.78, 5) is 56.5. The lowest BCUT2D eigenvalue weighted by atomic mass is 9.83. The van der Waals surface area contributed by atoms with Crippen molar-refractivity contribution in [2.45, 2.75) is 97.8 Å². The molecule has 6 heteroatoms. The maximum Gasteiger partial charge on any atom is 0.261 e. The molecular weight excluding hydrogens is 464 g/mol. The summed E-state index contributed by atoms with van der Waals surface area (Å²) in [6.45, 7) is 6.94. The first-order valence-electron chi connectivity index (χ1n) is 14.2. The highest BCUT2D eigenvalue weighted by Crippen LogP contribution is 2.39. The van der Waals surface area contributed by atoms with Crippen LogP contribution in [0, 0.1) is 6.92 Å². The van der Waals surface area contributed by atoms with E-state index >= 15 is 0 Å². The van der Waals surface area contributed by atoms with Gasteiger partial charge in [0.1, 0.15) is 0 Å². The number of benzene rings is 2. The van der Waals surface area contributed by atoms with Crippen molar-refractivity contribution in [2.24, 2.45) is 0 Å². The second-order valence-electron chi connectivity index (χ2n) is 10.6. The number of carbonyl (C=O) groups excluding carboxylic acids is 4. The molecule has 37 heavy (non-hydrogen) atoms. The van der Waals surface area contributed by atoms with E-state index in [9.17, 15) is 19.2 Å².